The molecule has 0 spiro atoms. The number of hydrogen-bond donors (Lipinski definition) is 2. The molecule has 1 aromatic carbocycles. The Hall–Kier alpha value is -1.32. The number of aliphatic hydroxyl groups excluding tert-OH is 1. The van der Waals surface area contributed by atoms with Gasteiger partial charge in [0.2, 0.25) is 5.91 Å². The monoisotopic (exact) mass is 293 g/mol. The average Bonchev–Trinajstić information content (AvgIpc) is 3.26. The van der Waals surface area contributed by atoms with E-state index in [0.29, 0.717) is 16.5 Å². The zero-order chi connectivity index (χ0) is 14.8. The van der Waals surface area contributed by atoms with E-state index in [1.807, 2.05) is 25.1 Å². The molecule has 0 saturated heterocycles. The van der Waals surface area contributed by atoms with Crippen LogP contribution in [-0.4, -0.2) is 23.2 Å². The number of halogens is 1. The van der Waals surface area contributed by atoms with Crippen molar-refractivity contribution in [2.75, 3.05) is 6.61 Å². The van der Waals surface area contributed by atoms with Crippen LogP contribution < -0.4 is 5.32 Å². The molecule has 0 radical (unpaired) electrons. The first kappa shape index (κ1) is 15.1. The van der Waals surface area contributed by atoms with Crippen LogP contribution in [0.15, 0.2) is 29.8 Å². The van der Waals surface area contributed by atoms with Crippen LogP contribution in [0.5, 0.6) is 0 Å². The Bertz CT molecular complexity index is 537. The molecular weight excluding hydrogens is 274 g/mol. The van der Waals surface area contributed by atoms with Gasteiger partial charge in [0.25, 0.3) is 0 Å². The maximum absolute atomic E-state index is 12.2. The summed E-state index contributed by atoms with van der Waals surface area (Å²) < 4.78 is 0. The van der Waals surface area contributed by atoms with E-state index in [9.17, 15) is 9.90 Å². The summed E-state index contributed by atoms with van der Waals surface area (Å²) in [6.07, 6.45) is 3.89. The van der Waals surface area contributed by atoms with E-state index in [0.717, 1.165) is 18.4 Å². The summed E-state index contributed by atoms with van der Waals surface area (Å²) in [5, 5.41) is 13.1. The number of amides is 1. The first-order valence-electron chi connectivity index (χ1n) is 6.82. The first-order chi connectivity index (χ1) is 9.46. The van der Waals surface area contributed by atoms with E-state index in [1.165, 1.54) is 0 Å². The third kappa shape index (κ3) is 3.41. The highest BCUT2D eigenvalue weighted by molar-refractivity contribution is 6.32. The molecule has 1 saturated carbocycles. The molecule has 1 fully saturated rings. The molecule has 0 heterocycles. The Labute approximate surface area is 124 Å². The molecule has 108 valence electrons. The Morgan fingerprint density at radius 2 is 2.15 bits per heavy atom. The van der Waals surface area contributed by atoms with Crippen LogP contribution in [0.3, 0.4) is 0 Å². The lowest BCUT2D eigenvalue weighted by Gasteiger charge is -2.29. The summed E-state index contributed by atoms with van der Waals surface area (Å²) in [6.45, 7) is 3.61. The molecule has 1 aromatic rings. The number of hydrogen-bond acceptors (Lipinski definition) is 2. The normalized spacial score (nSPS) is 18.5. The second-order valence-electron chi connectivity index (χ2n) is 5.65. The van der Waals surface area contributed by atoms with Crippen molar-refractivity contribution in [2.24, 2.45) is 5.92 Å². The van der Waals surface area contributed by atoms with Crippen molar-refractivity contribution >= 4 is 23.6 Å². The molecule has 0 aromatic heterocycles. The lowest BCUT2D eigenvalue weighted by atomic mass is 9.96. The number of nitrogens with one attached hydrogen (secondary N) is 1. The van der Waals surface area contributed by atoms with E-state index in [-0.39, 0.29) is 12.5 Å². The van der Waals surface area contributed by atoms with Crippen LogP contribution in [0.2, 0.25) is 5.02 Å². The van der Waals surface area contributed by atoms with Crippen LogP contribution in [0.1, 0.15) is 32.3 Å². The summed E-state index contributed by atoms with van der Waals surface area (Å²) in [4.78, 5) is 12.2. The van der Waals surface area contributed by atoms with Gasteiger partial charge in [-0.05, 0) is 50.3 Å². The fourth-order valence-corrected chi connectivity index (χ4v) is 2.43. The molecule has 1 aliphatic rings. The molecule has 1 unspecified atom stereocenters. The molecule has 3 nitrogen and oxygen atoms in total. The third-order valence-electron chi connectivity index (χ3n) is 3.84. The Kier molecular flexibility index (Phi) is 4.51. The van der Waals surface area contributed by atoms with Crippen LogP contribution in [0.25, 0.3) is 6.08 Å². The van der Waals surface area contributed by atoms with Gasteiger partial charge in [-0.3, -0.25) is 4.79 Å². The van der Waals surface area contributed by atoms with Crippen molar-refractivity contribution in [3.05, 3.63) is 40.4 Å². The number of carbonyl (C=O) groups is 1. The van der Waals surface area contributed by atoms with Gasteiger partial charge in [-0.15, -0.1) is 0 Å². The van der Waals surface area contributed by atoms with Gasteiger partial charge in [-0.1, -0.05) is 29.8 Å². The summed E-state index contributed by atoms with van der Waals surface area (Å²) in [6, 6.07) is 7.39. The van der Waals surface area contributed by atoms with Gasteiger partial charge in [-0.25, -0.2) is 0 Å². The number of carbonyl (C=O) groups excluding carboxylic acids is 1. The minimum Gasteiger partial charge on any atom is -0.394 e. The van der Waals surface area contributed by atoms with Crippen molar-refractivity contribution in [3.63, 3.8) is 0 Å². The number of rotatable bonds is 5. The summed E-state index contributed by atoms with van der Waals surface area (Å²) in [7, 11) is 0. The standard InChI is InChI=1S/C16H20ClNO2/c1-11(9-12-5-3-4-6-14(12)17)15(20)18-16(2,10-19)13-7-8-13/h3-6,9,13,19H,7-8,10H2,1-2H3,(H,18,20)/b11-9-. The van der Waals surface area contributed by atoms with Crippen LogP contribution >= 0.6 is 11.6 Å². The Morgan fingerprint density at radius 3 is 2.70 bits per heavy atom. The van der Waals surface area contributed by atoms with E-state index in [2.05, 4.69) is 5.32 Å². The fourth-order valence-electron chi connectivity index (χ4n) is 2.24. The highest BCUT2D eigenvalue weighted by Crippen LogP contribution is 2.39. The van der Waals surface area contributed by atoms with Crippen molar-refractivity contribution in [1.29, 1.82) is 0 Å². The number of aliphatic hydroxyl groups is 1. The summed E-state index contributed by atoms with van der Waals surface area (Å²) in [5.74, 6) is 0.220. The molecule has 0 aliphatic heterocycles. The third-order valence-corrected chi connectivity index (χ3v) is 4.19. The van der Waals surface area contributed by atoms with E-state index < -0.39 is 5.54 Å². The molecule has 2 N–H and O–H groups in total. The Morgan fingerprint density at radius 1 is 1.50 bits per heavy atom. The van der Waals surface area contributed by atoms with Gasteiger partial charge in [0, 0.05) is 10.6 Å². The maximum Gasteiger partial charge on any atom is 0.247 e. The quantitative estimate of drug-likeness (QED) is 0.820. The minimum absolute atomic E-state index is 0.0389. The van der Waals surface area contributed by atoms with Crippen molar-refractivity contribution in [2.45, 2.75) is 32.2 Å². The zero-order valence-corrected chi connectivity index (χ0v) is 12.6. The molecule has 4 heteroatoms. The molecule has 0 bridgehead atoms. The molecule has 20 heavy (non-hydrogen) atoms. The predicted molar refractivity (Wildman–Crippen MR) is 81.5 cm³/mol. The van der Waals surface area contributed by atoms with Gasteiger partial charge in [0.1, 0.15) is 0 Å². The topological polar surface area (TPSA) is 49.3 Å². The van der Waals surface area contributed by atoms with Gasteiger partial charge in [0.15, 0.2) is 0 Å². The predicted octanol–water partition coefficient (Wildman–Crippen LogP) is 3.02. The lowest BCUT2D eigenvalue weighted by Crippen LogP contribution is -2.51. The Balaban J connectivity index is 2.10. The van der Waals surface area contributed by atoms with Crippen LogP contribution in [-0.2, 0) is 4.79 Å². The SMILES string of the molecule is C/C(=C/c1ccccc1Cl)C(=O)NC(C)(CO)C1CC1. The maximum atomic E-state index is 12.2. The first-order valence-corrected chi connectivity index (χ1v) is 7.20. The summed E-state index contributed by atoms with van der Waals surface area (Å²) >= 11 is 6.08. The van der Waals surface area contributed by atoms with Gasteiger partial charge in [0.05, 0.1) is 12.1 Å². The fraction of sp³-hybridized carbons (Fsp3) is 0.438. The average molecular weight is 294 g/mol. The van der Waals surface area contributed by atoms with Gasteiger partial charge < -0.3 is 10.4 Å². The highest BCUT2D eigenvalue weighted by Gasteiger charge is 2.42. The van der Waals surface area contributed by atoms with Crippen LogP contribution in [0.4, 0.5) is 0 Å². The zero-order valence-electron chi connectivity index (χ0n) is 11.8. The van der Waals surface area contributed by atoms with Crippen molar-refractivity contribution < 1.29 is 9.90 Å². The van der Waals surface area contributed by atoms with Crippen LogP contribution in [0, 0.1) is 5.92 Å². The molecule has 1 amide bonds. The lowest BCUT2D eigenvalue weighted by molar-refractivity contribution is -0.119. The smallest absolute Gasteiger partial charge is 0.247 e. The van der Waals surface area contributed by atoms with E-state index >= 15 is 0 Å². The van der Waals surface area contributed by atoms with Crippen molar-refractivity contribution in [3.8, 4) is 0 Å². The highest BCUT2D eigenvalue weighted by atomic mass is 35.5. The largest absolute Gasteiger partial charge is 0.394 e. The van der Waals surface area contributed by atoms with Gasteiger partial charge >= 0.3 is 0 Å². The van der Waals surface area contributed by atoms with Gasteiger partial charge in [-0.2, -0.15) is 0 Å². The molecule has 1 aliphatic carbocycles. The number of benzene rings is 1. The van der Waals surface area contributed by atoms with E-state index in [1.54, 1.807) is 19.1 Å². The van der Waals surface area contributed by atoms with Crippen molar-refractivity contribution in [1.82, 2.24) is 5.32 Å². The molecule has 1 atom stereocenters. The second-order valence-corrected chi connectivity index (χ2v) is 6.06. The molecule has 2 rings (SSSR count). The molecular formula is C16H20ClNO2. The summed E-state index contributed by atoms with van der Waals surface area (Å²) in [5.41, 5.74) is 0.879. The second kappa shape index (κ2) is 5.98. The minimum atomic E-state index is -0.521. The van der Waals surface area contributed by atoms with E-state index in [4.69, 9.17) is 11.6 Å².